The third-order valence-electron chi connectivity index (χ3n) is 4.04. The van der Waals surface area contributed by atoms with E-state index in [0.29, 0.717) is 0 Å². The molecule has 1 aliphatic rings. The standard InChI is InChI=1S/C15H23NO2/c1-2-16(11-14-7-6-10-18-14)12-15(13-17)8-4-3-5-9-15/h6-7,10,13H,2-5,8-9,11-12H2,1H3. The van der Waals surface area contributed by atoms with Crippen LogP contribution in [-0.2, 0) is 11.3 Å². The molecule has 0 aromatic carbocycles. The number of nitrogens with zero attached hydrogens (tertiary/aromatic N) is 1. The highest BCUT2D eigenvalue weighted by Gasteiger charge is 2.33. The Morgan fingerprint density at radius 2 is 2.17 bits per heavy atom. The van der Waals surface area contributed by atoms with E-state index in [1.54, 1.807) is 6.26 Å². The van der Waals surface area contributed by atoms with E-state index in [2.05, 4.69) is 11.8 Å². The molecule has 0 unspecified atom stereocenters. The fraction of sp³-hybridized carbons (Fsp3) is 0.667. The van der Waals surface area contributed by atoms with Crippen LogP contribution in [0.5, 0.6) is 0 Å². The Morgan fingerprint density at radius 3 is 2.72 bits per heavy atom. The number of carbonyl (C=O) groups is 1. The van der Waals surface area contributed by atoms with Gasteiger partial charge in [0, 0.05) is 12.0 Å². The molecule has 3 heteroatoms. The van der Waals surface area contributed by atoms with Gasteiger partial charge in [-0.15, -0.1) is 0 Å². The molecule has 0 aliphatic heterocycles. The van der Waals surface area contributed by atoms with Crippen LogP contribution in [0.4, 0.5) is 0 Å². The van der Waals surface area contributed by atoms with Gasteiger partial charge in [0.05, 0.1) is 12.8 Å². The first kappa shape index (κ1) is 13.3. The Hall–Kier alpha value is -1.09. The Bertz CT molecular complexity index is 353. The number of aldehydes is 1. The van der Waals surface area contributed by atoms with E-state index in [1.165, 1.54) is 25.5 Å². The molecule has 1 aromatic rings. The molecule has 0 bridgehead atoms. The second kappa shape index (κ2) is 6.19. The summed E-state index contributed by atoms with van der Waals surface area (Å²) in [6.45, 7) is 4.77. The van der Waals surface area contributed by atoms with Gasteiger partial charge in [0.1, 0.15) is 12.0 Å². The van der Waals surface area contributed by atoms with E-state index in [0.717, 1.165) is 38.2 Å². The summed E-state index contributed by atoms with van der Waals surface area (Å²) in [6.07, 6.45) is 8.67. The lowest BCUT2D eigenvalue weighted by Gasteiger charge is -2.36. The third kappa shape index (κ3) is 3.22. The number of rotatable bonds is 6. The summed E-state index contributed by atoms with van der Waals surface area (Å²) < 4.78 is 5.39. The van der Waals surface area contributed by atoms with Crippen LogP contribution >= 0.6 is 0 Å². The summed E-state index contributed by atoms with van der Waals surface area (Å²) in [6, 6.07) is 3.91. The summed E-state index contributed by atoms with van der Waals surface area (Å²) in [7, 11) is 0. The van der Waals surface area contributed by atoms with Crippen molar-refractivity contribution < 1.29 is 9.21 Å². The first-order valence-electron chi connectivity index (χ1n) is 6.99. The largest absolute Gasteiger partial charge is 0.468 e. The lowest BCUT2D eigenvalue weighted by atomic mass is 9.75. The highest BCUT2D eigenvalue weighted by Crippen LogP contribution is 2.35. The van der Waals surface area contributed by atoms with E-state index in [9.17, 15) is 4.79 Å². The van der Waals surface area contributed by atoms with Crippen molar-refractivity contribution in [3.63, 3.8) is 0 Å². The van der Waals surface area contributed by atoms with Gasteiger partial charge in [0.2, 0.25) is 0 Å². The maximum absolute atomic E-state index is 11.5. The van der Waals surface area contributed by atoms with E-state index in [4.69, 9.17) is 4.42 Å². The van der Waals surface area contributed by atoms with Crippen LogP contribution in [0.1, 0.15) is 44.8 Å². The lowest BCUT2D eigenvalue weighted by molar-refractivity contribution is -0.119. The van der Waals surface area contributed by atoms with Crippen LogP contribution in [0, 0.1) is 5.41 Å². The van der Waals surface area contributed by atoms with Gasteiger partial charge in [-0.2, -0.15) is 0 Å². The van der Waals surface area contributed by atoms with Crippen molar-refractivity contribution in [1.29, 1.82) is 0 Å². The Labute approximate surface area is 109 Å². The van der Waals surface area contributed by atoms with Crippen molar-refractivity contribution in [3.05, 3.63) is 24.2 Å². The van der Waals surface area contributed by atoms with Gasteiger partial charge in [-0.1, -0.05) is 26.2 Å². The van der Waals surface area contributed by atoms with Crippen molar-refractivity contribution >= 4 is 6.29 Å². The molecule has 100 valence electrons. The van der Waals surface area contributed by atoms with Gasteiger partial charge < -0.3 is 9.21 Å². The normalized spacial score (nSPS) is 19.0. The SMILES string of the molecule is CCN(Cc1ccco1)CC1(C=O)CCCCC1. The average molecular weight is 249 g/mol. The minimum Gasteiger partial charge on any atom is -0.468 e. The second-order valence-corrected chi connectivity index (χ2v) is 5.42. The number of carbonyl (C=O) groups excluding carboxylic acids is 1. The van der Waals surface area contributed by atoms with Crippen molar-refractivity contribution in [3.8, 4) is 0 Å². The zero-order valence-corrected chi connectivity index (χ0v) is 11.2. The summed E-state index contributed by atoms with van der Waals surface area (Å²) in [5.74, 6) is 0.980. The summed E-state index contributed by atoms with van der Waals surface area (Å²) >= 11 is 0. The fourth-order valence-electron chi connectivity index (χ4n) is 2.92. The molecule has 1 heterocycles. The molecule has 0 atom stereocenters. The van der Waals surface area contributed by atoms with Crippen molar-refractivity contribution in [2.45, 2.75) is 45.6 Å². The molecule has 2 rings (SSSR count). The van der Waals surface area contributed by atoms with Crippen LogP contribution in [0.3, 0.4) is 0 Å². The summed E-state index contributed by atoms with van der Waals surface area (Å²) in [5, 5.41) is 0. The molecule has 1 aliphatic carbocycles. The molecule has 0 radical (unpaired) electrons. The summed E-state index contributed by atoms with van der Waals surface area (Å²) in [5.41, 5.74) is -0.110. The summed E-state index contributed by atoms with van der Waals surface area (Å²) in [4.78, 5) is 13.8. The first-order chi connectivity index (χ1) is 8.78. The molecule has 1 aromatic heterocycles. The Kier molecular flexibility index (Phi) is 4.59. The quantitative estimate of drug-likeness (QED) is 0.726. The van der Waals surface area contributed by atoms with E-state index in [1.807, 2.05) is 12.1 Å². The molecule has 0 spiro atoms. The van der Waals surface area contributed by atoms with Crippen molar-refractivity contribution in [2.24, 2.45) is 5.41 Å². The Balaban J connectivity index is 1.97. The maximum Gasteiger partial charge on any atom is 0.127 e. The van der Waals surface area contributed by atoms with Crippen LogP contribution in [0.2, 0.25) is 0 Å². The lowest BCUT2D eigenvalue weighted by Crippen LogP contribution is -2.40. The van der Waals surface area contributed by atoms with Crippen LogP contribution in [0.15, 0.2) is 22.8 Å². The molecule has 3 nitrogen and oxygen atoms in total. The average Bonchev–Trinajstić information content (AvgIpc) is 2.92. The van der Waals surface area contributed by atoms with Crippen LogP contribution < -0.4 is 0 Å². The second-order valence-electron chi connectivity index (χ2n) is 5.42. The molecule has 1 fully saturated rings. The van der Waals surface area contributed by atoms with Gasteiger partial charge in [-0.05, 0) is 31.5 Å². The number of furan rings is 1. The minimum atomic E-state index is -0.110. The van der Waals surface area contributed by atoms with Gasteiger partial charge in [0.25, 0.3) is 0 Å². The number of hydrogen-bond acceptors (Lipinski definition) is 3. The molecular formula is C15H23NO2. The van der Waals surface area contributed by atoms with Gasteiger partial charge >= 0.3 is 0 Å². The number of hydrogen-bond donors (Lipinski definition) is 0. The molecule has 18 heavy (non-hydrogen) atoms. The zero-order valence-electron chi connectivity index (χ0n) is 11.2. The van der Waals surface area contributed by atoms with Crippen LogP contribution in [0.25, 0.3) is 0 Å². The van der Waals surface area contributed by atoms with Gasteiger partial charge in [-0.3, -0.25) is 4.90 Å². The highest BCUT2D eigenvalue weighted by molar-refractivity contribution is 5.60. The van der Waals surface area contributed by atoms with Crippen molar-refractivity contribution in [1.82, 2.24) is 4.90 Å². The molecule has 0 amide bonds. The third-order valence-corrected chi connectivity index (χ3v) is 4.04. The minimum absolute atomic E-state index is 0.110. The van der Waals surface area contributed by atoms with Gasteiger partial charge in [0.15, 0.2) is 0 Å². The van der Waals surface area contributed by atoms with Crippen molar-refractivity contribution in [2.75, 3.05) is 13.1 Å². The maximum atomic E-state index is 11.5. The smallest absolute Gasteiger partial charge is 0.127 e. The molecule has 1 saturated carbocycles. The monoisotopic (exact) mass is 249 g/mol. The molecular weight excluding hydrogens is 226 g/mol. The highest BCUT2D eigenvalue weighted by atomic mass is 16.3. The zero-order chi connectivity index (χ0) is 12.8. The predicted molar refractivity (Wildman–Crippen MR) is 71.2 cm³/mol. The predicted octanol–water partition coefficient (Wildman–Crippen LogP) is 3.25. The topological polar surface area (TPSA) is 33.5 Å². The van der Waals surface area contributed by atoms with E-state index in [-0.39, 0.29) is 5.41 Å². The van der Waals surface area contributed by atoms with E-state index >= 15 is 0 Å². The van der Waals surface area contributed by atoms with Gasteiger partial charge in [-0.25, -0.2) is 0 Å². The molecule has 0 N–H and O–H groups in total. The van der Waals surface area contributed by atoms with E-state index < -0.39 is 0 Å². The first-order valence-corrected chi connectivity index (χ1v) is 6.99. The fourth-order valence-corrected chi connectivity index (χ4v) is 2.92. The Morgan fingerprint density at radius 1 is 1.39 bits per heavy atom. The van der Waals surface area contributed by atoms with Crippen LogP contribution in [-0.4, -0.2) is 24.3 Å². The molecule has 0 saturated heterocycles.